The highest BCUT2D eigenvalue weighted by molar-refractivity contribution is 6.33. The quantitative estimate of drug-likeness (QED) is 0.779. The van der Waals surface area contributed by atoms with Crippen LogP contribution in [-0.4, -0.2) is 43.6 Å². The number of β-amino-alcohol motifs (C(OH)–C–C–N with tert-alkyl or cyclic N) is 1. The predicted octanol–water partition coefficient (Wildman–Crippen LogP) is 2.04. The van der Waals surface area contributed by atoms with E-state index in [9.17, 15) is 5.11 Å². The highest BCUT2D eigenvalue weighted by Gasteiger charge is 2.28. The molecule has 1 aliphatic heterocycles. The fraction of sp³-hybridized carbons (Fsp3) is 0.412. The molecule has 1 unspecified atom stereocenters. The van der Waals surface area contributed by atoms with Crippen molar-refractivity contribution in [2.75, 3.05) is 32.8 Å². The number of hydrogen-bond acceptors (Lipinski definition) is 5. The molecule has 5 nitrogen and oxygen atoms in total. The molecule has 2 heterocycles. The first kappa shape index (κ1) is 16.5. The van der Waals surface area contributed by atoms with Gasteiger partial charge in [0, 0.05) is 25.2 Å². The number of halogens is 1. The topological polar surface area (TPSA) is 66.7 Å². The van der Waals surface area contributed by atoms with Crippen LogP contribution in [0.4, 0.5) is 0 Å². The second kappa shape index (κ2) is 7.47. The van der Waals surface area contributed by atoms with Crippen molar-refractivity contribution in [2.45, 2.75) is 12.1 Å². The first-order chi connectivity index (χ1) is 11.2. The highest BCUT2D eigenvalue weighted by Crippen LogP contribution is 2.28. The molecule has 6 heteroatoms. The number of benzene rings is 1. The number of nitrogens with one attached hydrogen (secondary N) is 2. The van der Waals surface area contributed by atoms with E-state index in [2.05, 4.69) is 10.6 Å². The summed E-state index contributed by atoms with van der Waals surface area (Å²) in [7, 11) is 0. The molecule has 23 heavy (non-hydrogen) atoms. The monoisotopic (exact) mass is 336 g/mol. The molecule has 1 aromatic carbocycles. The Labute approximate surface area is 140 Å². The van der Waals surface area contributed by atoms with Crippen LogP contribution in [0, 0.1) is 0 Å². The van der Waals surface area contributed by atoms with Crippen LogP contribution in [0.1, 0.15) is 5.76 Å². The minimum Gasteiger partial charge on any atom is -0.460 e. The van der Waals surface area contributed by atoms with Crippen LogP contribution in [0.15, 0.2) is 40.8 Å². The standard InChI is InChI=1S/C17H21ClN2O3/c18-15-4-2-1-3-14(15)16-6-5-13(23-16)9-20-11-17(21)10-19-7-8-22-12-17/h1-6,19-21H,7-12H2. The lowest BCUT2D eigenvalue weighted by Crippen LogP contribution is -2.49. The van der Waals surface area contributed by atoms with E-state index < -0.39 is 5.60 Å². The lowest BCUT2D eigenvalue weighted by molar-refractivity contribution is -0.0266. The Kier molecular flexibility index (Phi) is 5.35. The molecule has 3 N–H and O–H groups in total. The lowest BCUT2D eigenvalue weighted by Gasteiger charge is -2.25. The fourth-order valence-corrected chi connectivity index (χ4v) is 2.82. The van der Waals surface area contributed by atoms with Crippen molar-refractivity contribution >= 4 is 11.6 Å². The molecule has 1 aliphatic rings. The van der Waals surface area contributed by atoms with Gasteiger partial charge in [-0.25, -0.2) is 0 Å². The SMILES string of the molecule is OC1(CNCc2ccc(-c3ccccc3Cl)o2)CNCCOC1. The second-order valence-electron chi connectivity index (χ2n) is 5.80. The summed E-state index contributed by atoms with van der Waals surface area (Å²) in [6.07, 6.45) is 0. The van der Waals surface area contributed by atoms with E-state index in [1.54, 1.807) is 0 Å². The van der Waals surface area contributed by atoms with Crippen molar-refractivity contribution in [3.8, 4) is 11.3 Å². The van der Waals surface area contributed by atoms with Crippen LogP contribution >= 0.6 is 11.6 Å². The van der Waals surface area contributed by atoms with Crippen LogP contribution in [0.5, 0.6) is 0 Å². The van der Waals surface area contributed by atoms with Gasteiger partial charge in [-0.15, -0.1) is 0 Å². The van der Waals surface area contributed by atoms with Gasteiger partial charge >= 0.3 is 0 Å². The average molecular weight is 337 g/mol. The van der Waals surface area contributed by atoms with Gasteiger partial charge in [0.15, 0.2) is 0 Å². The normalized spacial score (nSPS) is 22.0. The number of ether oxygens (including phenoxy) is 1. The molecular weight excluding hydrogens is 316 g/mol. The molecule has 0 radical (unpaired) electrons. The van der Waals surface area contributed by atoms with Gasteiger partial charge in [-0.05, 0) is 24.3 Å². The first-order valence-electron chi connectivity index (χ1n) is 7.71. The largest absolute Gasteiger partial charge is 0.460 e. The first-order valence-corrected chi connectivity index (χ1v) is 8.09. The van der Waals surface area contributed by atoms with Gasteiger partial charge in [0.2, 0.25) is 0 Å². The summed E-state index contributed by atoms with van der Waals surface area (Å²) in [6.45, 7) is 3.21. The molecule has 0 saturated carbocycles. The highest BCUT2D eigenvalue weighted by atomic mass is 35.5. The van der Waals surface area contributed by atoms with E-state index in [0.717, 1.165) is 23.6 Å². The Morgan fingerprint density at radius 1 is 1.26 bits per heavy atom. The summed E-state index contributed by atoms with van der Waals surface area (Å²) in [5, 5.41) is 17.5. The molecule has 1 aromatic heterocycles. The summed E-state index contributed by atoms with van der Waals surface area (Å²) in [5.74, 6) is 1.54. The van der Waals surface area contributed by atoms with E-state index in [4.69, 9.17) is 20.8 Å². The average Bonchev–Trinajstić information content (AvgIpc) is 2.89. The van der Waals surface area contributed by atoms with Crippen LogP contribution in [0.3, 0.4) is 0 Å². The third-order valence-electron chi connectivity index (χ3n) is 3.80. The zero-order valence-corrected chi connectivity index (χ0v) is 13.6. The number of aliphatic hydroxyl groups is 1. The summed E-state index contributed by atoms with van der Waals surface area (Å²) in [4.78, 5) is 0. The minimum absolute atomic E-state index is 0.329. The smallest absolute Gasteiger partial charge is 0.135 e. The van der Waals surface area contributed by atoms with Crippen molar-refractivity contribution in [3.05, 3.63) is 47.2 Å². The second-order valence-corrected chi connectivity index (χ2v) is 6.21. The molecule has 0 amide bonds. The van der Waals surface area contributed by atoms with E-state index in [-0.39, 0.29) is 0 Å². The molecule has 0 bridgehead atoms. The Morgan fingerprint density at radius 2 is 2.13 bits per heavy atom. The van der Waals surface area contributed by atoms with Crippen molar-refractivity contribution in [3.63, 3.8) is 0 Å². The van der Waals surface area contributed by atoms with E-state index in [0.29, 0.717) is 37.9 Å². The Morgan fingerprint density at radius 3 is 3.00 bits per heavy atom. The van der Waals surface area contributed by atoms with Crippen LogP contribution in [0.25, 0.3) is 11.3 Å². The van der Waals surface area contributed by atoms with E-state index >= 15 is 0 Å². The molecule has 1 saturated heterocycles. The van der Waals surface area contributed by atoms with Crippen LogP contribution in [-0.2, 0) is 11.3 Å². The Bertz CT molecular complexity index is 636. The zero-order chi connectivity index (χ0) is 16.1. The summed E-state index contributed by atoms with van der Waals surface area (Å²) >= 11 is 6.18. The molecule has 2 aromatic rings. The molecule has 3 rings (SSSR count). The zero-order valence-electron chi connectivity index (χ0n) is 12.8. The molecule has 124 valence electrons. The van der Waals surface area contributed by atoms with Gasteiger partial charge in [0.25, 0.3) is 0 Å². The Hall–Kier alpha value is -1.37. The maximum Gasteiger partial charge on any atom is 0.135 e. The van der Waals surface area contributed by atoms with Crippen molar-refractivity contribution in [1.82, 2.24) is 10.6 Å². The molecule has 0 aliphatic carbocycles. The lowest BCUT2D eigenvalue weighted by atomic mass is 10.1. The summed E-state index contributed by atoms with van der Waals surface area (Å²) in [5.41, 5.74) is -0.0188. The maximum absolute atomic E-state index is 10.5. The van der Waals surface area contributed by atoms with Crippen molar-refractivity contribution in [2.24, 2.45) is 0 Å². The van der Waals surface area contributed by atoms with E-state index in [1.807, 2.05) is 36.4 Å². The number of rotatable bonds is 5. The third kappa shape index (κ3) is 4.34. The van der Waals surface area contributed by atoms with Gasteiger partial charge in [0.05, 0.1) is 24.8 Å². The Balaban J connectivity index is 1.56. The third-order valence-corrected chi connectivity index (χ3v) is 4.13. The summed E-state index contributed by atoms with van der Waals surface area (Å²) < 4.78 is 11.2. The molecule has 1 atom stereocenters. The summed E-state index contributed by atoms with van der Waals surface area (Å²) in [6, 6.07) is 11.4. The van der Waals surface area contributed by atoms with Crippen LogP contribution in [0.2, 0.25) is 5.02 Å². The van der Waals surface area contributed by atoms with Crippen molar-refractivity contribution < 1.29 is 14.3 Å². The van der Waals surface area contributed by atoms with Crippen LogP contribution < -0.4 is 10.6 Å². The van der Waals surface area contributed by atoms with Gasteiger partial charge in [-0.2, -0.15) is 0 Å². The van der Waals surface area contributed by atoms with Crippen molar-refractivity contribution in [1.29, 1.82) is 0 Å². The number of furan rings is 1. The fourth-order valence-electron chi connectivity index (χ4n) is 2.59. The van der Waals surface area contributed by atoms with Gasteiger partial charge in [-0.1, -0.05) is 23.7 Å². The van der Waals surface area contributed by atoms with Gasteiger partial charge < -0.3 is 24.9 Å². The number of hydrogen-bond donors (Lipinski definition) is 3. The maximum atomic E-state index is 10.5. The molecule has 0 spiro atoms. The minimum atomic E-state index is -0.894. The molecular formula is C17H21ClN2O3. The predicted molar refractivity (Wildman–Crippen MR) is 89.5 cm³/mol. The molecule has 1 fully saturated rings. The van der Waals surface area contributed by atoms with E-state index in [1.165, 1.54) is 0 Å². The van der Waals surface area contributed by atoms with Gasteiger partial charge in [-0.3, -0.25) is 0 Å². The van der Waals surface area contributed by atoms with Gasteiger partial charge in [0.1, 0.15) is 17.1 Å².